The van der Waals surface area contributed by atoms with Crippen molar-refractivity contribution in [2.45, 2.75) is 150 Å². The van der Waals surface area contributed by atoms with E-state index in [1.165, 1.54) is 44.4 Å². The van der Waals surface area contributed by atoms with Crippen LogP contribution in [-0.4, -0.2) is 242 Å². The van der Waals surface area contributed by atoms with Gasteiger partial charge in [-0.05, 0) is 20.8 Å². The van der Waals surface area contributed by atoms with Crippen LogP contribution >= 0.6 is 22.7 Å². The zero-order chi connectivity index (χ0) is 66.6. The van der Waals surface area contributed by atoms with E-state index in [0.717, 1.165) is 23.9 Å². The second-order valence-electron chi connectivity index (χ2n) is 20.9. The Morgan fingerprint density at radius 3 is 2.07 bits per heavy atom. The van der Waals surface area contributed by atoms with Crippen LogP contribution < -0.4 is 61.0 Å². The van der Waals surface area contributed by atoms with Gasteiger partial charge in [-0.3, -0.25) is 33.6 Å². The molecule has 2 fully saturated rings. The predicted octanol–water partition coefficient (Wildman–Crippen LogP) is -8.60. The van der Waals surface area contributed by atoms with Gasteiger partial charge < -0.3 is 131 Å². The maximum Gasteiger partial charge on any atom is 0.404 e. The fourth-order valence-electron chi connectivity index (χ4n) is 9.15. The van der Waals surface area contributed by atoms with E-state index in [9.17, 15) is 74.4 Å². The molecular formula is C50H73N17O21S2. The number of carbonyl (C=O) groups is 8. The molecular weight excluding hydrogens is 1240 g/mol. The summed E-state index contributed by atoms with van der Waals surface area (Å²) in [4.78, 5) is 129. The number of imidazole rings is 1. The minimum Gasteiger partial charge on any atom is -0.441 e. The fraction of sp³-hybridized carbons (Fsp3) is 0.580. The number of carbonyl (C=O) groups excluding carboxylic acids is 8. The lowest BCUT2D eigenvalue weighted by Crippen LogP contribution is -2.65. The van der Waals surface area contributed by atoms with E-state index in [2.05, 4.69) is 56.5 Å². The van der Waals surface area contributed by atoms with Crippen molar-refractivity contribution in [1.29, 1.82) is 0 Å². The third kappa shape index (κ3) is 17.9. The molecule has 0 aliphatic carbocycles. The Bertz CT molecular complexity index is 3150. The van der Waals surface area contributed by atoms with Crippen LogP contribution in [0.3, 0.4) is 0 Å². The van der Waals surface area contributed by atoms with Crippen molar-refractivity contribution in [2.75, 3.05) is 32.0 Å². The zero-order valence-electron chi connectivity index (χ0n) is 48.4. The highest BCUT2D eigenvalue weighted by Crippen LogP contribution is 2.35. The number of aliphatic hydroxyl groups excluding tert-OH is 8. The first-order chi connectivity index (χ1) is 42.5. The number of nitrogen functional groups attached to an aromatic ring is 1. The summed E-state index contributed by atoms with van der Waals surface area (Å²) in [5, 5.41) is 105. The molecule has 26 N–H and O–H groups in total. The van der Waals surface area contributed by atoms with Gasteiger partial charge in [0, 0.05) is 42.3 Å². The minimum absolute atomic E-state index is 0.0170. The summed E-state index contributed by atoms with van der Waals surface area (Å²) in [5.74, 6) is -9.13. The van der Waals surface area contributed by atoms with E-state index in [-0.39, 0.29) is 48.1 Å². The first-order valence-electron chi connectivity index (χ1n) is 27.4. The lowest BCUT2D eigenvalue weighted by molar-refractivity contribution is -0.372. The summed E-state index contributed by atoms with van der Waals surface area (Å²) in [7, 11) is 0. The van der Waals surface area contributed by atoms with Crippen molar-refractivity contribution in [3.63, 3.8) is 0 Å². The molecule has 4 aromatic rings. The highest BCUT2D eigenvalue weighted by molar-refractivity contribution is 7.14. The van der Waals surface area contributed by atoms with Gasteiger partial charge in [-0.15, -0.1) is 22.7 Å². The van der Waals surface area contributed by atoms with Gasteiger partial charge in [0.25, 0.3) is 11.8 Å². The number of primary amides is 4. The van der Waals surface area contributed by atoms with Crippen LogP contribution in [0.25, 0.3) is 10.7 Å². The standard InChI is InChI=1S/C50H73N17O21S2/c1-15-28(64-42(67-39(15)53)20(7-26(52)71)59-8-19(51)40(54)77)45(81)66-30(36(21-9-57-14-60-21)86-49-38(34(75)32(73)24(10-68)85-49)87-48-35(76)37(88-50(56)83)33(74)25(11-69)84-48)46(82)61-17(3)31(72)16(2)43(79)65-29(18(4)70)44(80)58-6-5-27-62-23(13-89-27)47-63-22(12-90-47)41(55)78/h9,12-14,16-20,24-25,29-38,48-49,59,68-70,72-76H,5-8,10-11,51H2,1-4H3,(H2,52,71)(H2,54,77)(H2,55,78)(H2,56,83)(H,57,60)(H,58,80)(H,61,82)(H,65,79)(H,66,81)(H2,53,64,67)/t16-,17+,18+,19-,20-,24-,25+,29-,30-,31-,32+,33+,34-,35-,36+,37-,38-,48+,49-/m0/s1. The average molecular weight is 1310 g/mol. The van der Waals surface area contributed by atoms with Gasteiger partial charge >= 0.3 is 6.09 Å². The van der Waals surface area contributed by atoms with E-state index in [4.69, 9.17) is 58.1 Å². The lowest BCUT2D eigenvalue weighted by Gasteiger charge is -2.47. The van der Waals surface area contributed by atoms with Crippen molar-refractivity contribution < 1.29 is 103 Å². The van der Waals surface area contributed by atoms with Crippen LogP contribution in [-0.2, 0) is 54.1 Å². The Balaban J connectivity index is 1.31. The van der Waals surface area contributed by atoms with Gasteiger partial charge in [0.15, 0.2) is 18.7 Å². The van der Waals surface area contributed by atoms with Gasteiger partial charge in [-0.1, -0.05) is 6.92 Å². The number of aromatic amines is 1. The van der Waals surface area contributed by atoms with Crippen molar-refractivity contribution in [3.8, 4) is 10.7 Å². The van der Waals surface area contributed by atoms with Gasteiger partial charge in [-0.25, -0.2) is 29.7 Å². The third-order valence-corrected chi connectivity index (χ3v) is 16.1. The summed E-state index contributed by atoms with van der Waals surface area (Å²) in [6, 6.07) is -7.85. The molecule has 496 valence electrons. The number of hydrogen-bond acceptors (Lipinski definition) is 31. The normalized spacial score (nSPS) is 24.8. The maximum atomic E-state index is 15.1. The molecule has 19 atom stereocenters. The highest BCUT2D eigenvalue weighted by Gasteiger charge is 2.54. The Morgan fingerprint density at radius 1 is 0.789 bits per heavy atom. The molecule has 40 heteroatoms. The Kier molecular flexibility index (Phi) is 25.3. The predicted molar refractivity (Wildman–Crippen MR) is 306 cm³/mol. The number of nitrogens with two attached hydrogens (primary N) is 6. The van der Waals surface area contributed by atoms with E-state index < -0.39 is 189 Å². The molecule has 0 radical (unpaired) electrons. The Hall–Kier alpha value is -7.65. The number of thiazole rings is 2. The molecule has 6 rings (SSSR count). The van der Waals surface area contributed by atoms with Crippen LogP contribution in [0.2, 0.25) is 0 Å². The summed E-state index contributed by atoms with van der Waals surface area (Å²) < 4.78 is 28.7. The molecule has 0 saturated carbocycles. The number of ether oxygens (including phenoxy) is 5. The van der Waals surface area contributed by atoms with Crippen LogP contribution in [0.1, 0.15) is 82.4 Å². The minimum atomic E-state index is -2.20. The Labute approximate surface area is 518 Å². The molecule has 0 unspecified atom stereocenters. The van der Waals surface area contributed by atoms with Crippen LogP contribution in [0.15, 0.2) is 23.3 Å². The van der Waals surface area contributed by atoms with E-state index in [1.807, 2.05) is 0 Å². The first kappa shape index (κ1) is 71.4. The molecule has 0 aromatic carbocycles. The second-order valence-corrected chi connectivity index (χ2v) is 22.7. The van der Waals surface area contributed by atoms with Crippen molar-refractivity contribution in [3.05, 3.63) is 56.8 Å². The van der Waals surface area contributed by atoms with Gasteiger partial charge in [0.1, 0.15) is 94.6 Å². The highest BCUT2D eigenvalue weighted by atomic mass is 32.1. The fourth-order valence-corrected chi connectivity index (χ4v) is 10.8. The Morgan fingerprint density at radius 2 is 1.47 bits per heavy atom. The maximum absolute atomic E-state index is 15.1. The monoisotopic (exact) mass is 1310 g/mol. The topological polar surface area (TPSA) is 641 Å². The first-order valence-corrected chi connectivity index (χ1v) is 29.2. The smallest absolute Gasteiger partial charge is 0.404 e. The summed E-state index contributed by atoms with van der Waals surface area (Å²) in [5.41, 5.74) is 33.1. The number of nitrogens with zero attached hydrogens (tertiary/aromatic N) is 5. The average Bonchev–Trinajstić information content (AvgIpc) is 0.905. The zero-order valence-corrected chi connectivity index (χ0v) is 50.1. The van der Waals surface area contributed by atoms with Crippen molar-refractivity contribution in [1.82, 2.24) is 56.5 Å². The molecule has 0 spiro atoms. The third-order valence-electron chi connectivity index (χ3n) is 14.3. The molecule has 2 aliphatic heterocycles. The van der Waals surface area contributed by atoms with Crippen LogP contribution in [0, 0.1) is 12.8 Å². The number of hydrogen-bond donors (Lipinski definition) is 20. The number of amides is 8. The van der Waals surface area contributed by atoms with E-state index in [0.29, 0.717) is 15.7 Å². The molecule has 2 aliphatic rings. The molecule has 2 saturated heterocycles. The molecule has 4 aromatic heterocycles. The number of aliphatic hydroxyl groups is 8. The van der Waals surface area contributed by atoms with Crippen LogP contribution in [0.4, 0.5) is 10.6 Å². The lowest BCUT2D eigenvalue weighted by atomic mass is 9.96. The van der Waals surface area contributed by atoms with Crippen molar-refractivity contribution >= 4 is 75.9 Å². The van der Waals surface area contributed by atoms with Gasteiger partial charge in [-0.2, -0.15) is 0 Å². The molecule has 8 amide bonds. The number of rotatable bonds is 31. The number of anilines is 1. The van der Waals surface area contributed by atoms with Gasteiger partial charge in [0.2, 0.25) is 29.5 Å². The number of H-pyrrole nitrogens is 1. The van der Waals surface area contributed by atoms with E-state index in [1.54, 1.807) is 5.38 Å². The quantitative estimate of drug-likeness (QED) is 0.0222. The molecule has 38 nitrogen and oxygen atoms in total. The number of aromatic nitrogens is 6. The second kappa shape index (κ2) is 31.9. The summed E-state index contributed by atoms with van der Waals surface area (Å²) >= 11 is 2.40. The van der Waals surface area contributed by atoms with Crippen molar-refractivity contribution in [2.24, 2.45) is 34.6 Å². The summed E-state index contributed by atoms with van der Waals surface area (Å²) in [6.07, 6.45) is -25.1. The molecule has 90 heavy (non-hydrogen) atoms. The van der Waals surface area contributed by atoms with E-state index >= 15 is 4.79 Å². The van der Waals surface area contributed by atoms with Crippen LogP contribution in [0.5, 0.6) is 0 Å². The van der Waals surface area contributed by atoms with Gasteiger partial charge in [0.05, 0.1) is 72.7 Å². The molecule has 0 bridgehead atoms. The number of nitrogens with one attached hydrogen (secondary N) is 6. The molecule has 6 heterocycles. The largest absolute Gasteiger partial charge is 0.441 e. The summed E-state index contributed by atoms with van der Waals surface area (Å²) in [6.45, 7) is 2.60. The SMILES string of the molecule is Cc1c(N)nc([C@H](CC(N)=O)NC[C@H](N)C(N)=O)nc1C(=O)N[C@H](C(=O)N[C@H](C)[C@@H](O)[C@H](C)C(=O)N[C@H](C(=O)NCCc1nc(-c2nc(C(N)=O)cs2)cs1)[C@@H](C)O)[C@H](O[C@@H]1O[C@@H](CO)[C@@H](O)[C@H](O)[C@@H]1O[C@H]1O[C@H](CO)[C@@H](O)[C@H](OC(N)=O)[C@@H]1O)c1cnc[nH]1.